The second kappa shape index (κ2) is 17.5. The number of amides is 1. The van der Waals surface area contributed by atoms with Crippen molar-refractivity contribution in [1.29, 1.82) is 0 Å². The van der Waals surface area contributed by atoms with Crippen LogP contribution in [-0.4, -0.2) is 62.8 Å². The van der Waals surface area contributed by atoms with Gasteiger partial charge in [0, 0.05) is 18.5 Å². The van der Waals surface area contributed by atoms with E-state index in [0.717, 1.165) is 42.0 Å². The molecule has 0 atom stereocenters. The fraction of sp³-hybridized carbons (Fsp3) is 0.333. The number of hydrogen-bond donors (Lipinski definition) is 1. The van der Waals surface area contributed by atoms with Gasteiger partial charge in [-0.25, -0.2) is 4.79 Å². The summed E-state index contributed by atoms with van der Waals surface area (Å²) in [7, 11) is 0. The fourth-order valence-electron chi connectivity index (χ4n) is 4.58. The molecule has 1 heterocycles. The van der Waals surface area contributed by atoms with Gasteiger partial charge in [-0.05, 0) is 73.5 Å². The largest absolute Gasteiger partial charge is 0.497 e. The first-order valence-electron chi connectivity index (χ1n) is 15.2. The molecule has 0 unspecified atom stereocenters. The maximum absolute atomic E-state index is 13.0. The van der Waals surface area contributed by atoms with Crippen LogP contribution < -0.4 is 14.8 Å². The number of likely N-dealkylation sites (N-methyl/N-ethyl adjacent to an activating group) is 1. The Kier molecular flexibility index (Phi) is 12.9. The first kappa shape index (κ1) is 32.4. The molecule has 1 aliphatic carbocycles. The third kappa shape index (κ3) is 10.6. The summed E-state index contributed by atoms with van der Waals surface area (Å²) in [5.74, 6) is 0.582. The van der Waals surface area contributed by atoms with E-state index < -0.39 is 5.97 Å². The summed E-state index contributed by atoms with van der Waals surface area (Å²) in [5, 5.41) is 2.95. The third-order valence-electron chi connectivity index (χ3n) is 7.26. The SMILES string of the molecule is CCN(CC)CCOC(=O)c1ccc(NC(=O)CCc2ccc(OCC3=CCC=CC=C3)cc2)c(OCC2=CC=COC2)c1. The highest BCUT2D eigenvalue weighted by Crippen LogP contribution is 2.28. The zero-order valence-corrected chi connectivity index (χ0v) is 25.6. The maximum Gasteiger partial charge on any atom is 0.338 e. The van der Waals surface area contributed by atoms with Crippen molar-refractivity contribution < 1.29 is 28.5 Å². The van der Waals surface area contributed by atoms with Gasteiger partial charge >= 0.3 is 5.97 Å². The average Bonchev–Trinajstić information content (AvgIpc) is 3.34. The molecule has 2 aromatic carbocycles. The molecule has 44 heavy (non-hydrogen) atoms. The summed E-state index contributed by atoms with van der Waals surface area (Å²) in [5.41, 5.74) is 3.95. The second-order valence-corrected chi connectivity index (χ2v) is 10.4. The Morgan fingerprint density at radius 2 is 1.82 bits per heavy atom. The lowest BCUT2D eigenvalue weighted by Crippen LogP contribution is -2.27. The van der Waals surface area contributed by atoms with Gasteiger partial charge in [0.2, 0.25) is 5.91 Å². The molecule has 1 N–H and O–H groups in total. The van der Waals surface area contributed by atoms with Crippen molar-refractivity contribution in [2.45, 2.75) is 33.1 Å². The molecule has 0 bridgehead atoms. The van der Waals surface area contributed by atoms with Gasteiger partial charge < -0.3 is 29.2 Å². The van der Waals surface area contributed by atoms with Crippen LogP contribution in [0.4, 0.5) is 5.69 Å². The summed E-state index contributed by atoms with van der Waals surface area (Å²) in [6, 6.07) is 12.8. The van der Waals surface area contributed by atoms with Gasteiger partial charge in [-0.3, -0.25) is 4.79 Å². The van der Waals surface area contributed by atoms with E-state index in [0.29, 0.717) is 49.8 Å². The molecule has 2 aromatic rings. The van der Waals surface area contributed by atoms with E-state index in [1.165, 1.54) is 0 Å². The van der Waals surface area contributed by atoms with Crippen molar-refractivity contribution in [1.82, 2.24) is 4.90 Å². The number of carbonyl (C=O) groups is 2. The lowest BCUT2D eigenvalue weighted by molar-refractivity contribution is -0.116. The number of carbonyl (C=O) groups excluding carboxylic acids is 2. The van der Waals surface area contributed by atoms with Gasteiger partial charge in [0.25, 0.3) is 0 Å². The first-order chi connectivity index (χ1) is 21.5. The number of ether oxygens (including phenoxy) is 4. The molecule has 4 rings (SSSR count). The van der Waals surface area contributed by atoms with E-state index in [1.807, 2.05) is 42.5 Å². The zero-order chi connectivity index (χ0) is 31.0. The smallest absolute Gasteiger partial charge is 0.338 e. The Balaban J connectivity index is 1.33. The molecule has 8 nitrogen and oxygen atoms in total. The molecule has 0 saturated heterocycles. The number of nitrogens with zero attached hydrogens (tertiary/aromatic N) is 1. The van der Waals surface area contributed by atoms with Crippen LogP contribution in [0, 0.1) is 0 Å². The second-order valence-electron chi connectivity index (χ2n) is 10.4. The van der Waals surface area contributed by atoms with Crippen LogP contribution in [0.2, 0.25) is 0 Å². The summed E-state index contributed by atoms with van der Waals surface area (Å²) >= 11 is 0. The van der Waals surface area contributed by atoms with Crippen LogP contribution in [0.25, 0.3) is 0 Å². The molecule has 2 aliphatic rings. The number of allylic oxidation sites excluding steroid dienone is 6. The lowest BCUT2D eigenvalue weighted by atomic mass is 10.1. The van der Waals surface area contributed by atoms with Gasteiger partial charge in [0.15, 0.2) is 0 Å². The summed E-state index contributed by atoms with van der Waals surface area (Å²) < 4.78 is 22.8. The Hall–Kier alpha value is -4.56. The van der Waals surface area contributed by atoms with Crippen LogP contribution in [0.15, 0.2) is 102 Å². The molecular formula is C36H42N2O6. The predicted octanol–water partition coefficient (Wildman–Crippen LogP) is 6.43. The van der Waals surface area contributed by atoms with Gasteiger partial charge in [-0.1, -0.05) is 62.4 Å². The number of esters is 1. The van der Waals surface area contributed by atoms with Crippen molar-refractivity contribution >= 4 is 17.6 Å². The third-order valence-corrected chi connectivity index (χ3v) is 7.26. The quantitative estimate of drug-likeness (QED) is 0.223. The van der Waals surface area contributed by atoms with Crippen molar-refractivity contribution in [3.63, 3.8) is 0 Å². The maximum atomic E-state index is 13.0. The first-order valence-corrected chi connectivity index (χ1v) is 15.2. The molecule has 1 amide bonds. The van der Waals surface area contributed by atoms with Crippen molar-refractivity contribution in [3.05, 3.63) is 114 Å². The van der Waals surface area contributed by atoms with E-state index in [9.17, 15) is 9.59 Å². The van der Waals surface area contributed by atoms with Crippen molar-refractivity contribution in [2.24, 2.45) is 0 Å². The summed E-state index contributed by atoms with van der Waals surface area (Å²) in [6.07, 6.45) is 17.5. The summed E-state index contributed by atoms with van der Waals surface area (Å²) in [6.45, 7) is 8.09. The Morgan fingerprint density at radius 1 is 0.977 bits per heavy atom. The number of hydrogen-bond acceptors (Lipinski definition) is 7. The molecule has 0 radical (unpaired) electrons. The van der Waals surface area contributed by atoms with E-state index in [2.05, 4.69) is 42.3 Å². The van der Waals surface area contributed by atoms with E-state index in [1.54, 1.807) is 30.5 Å². The molecule has 0 fully saturated rings. The lowest BCUT2D eigenvalue weighted by Gasteiger charge is -2.18. The average molecular weight is 599 g/mol. The van der Waals surface area contributed by atoms with E-state index in [4.69, 9.17) is 18.9 Å². The zero-order valence-electron chi connectivity index (χ0n) is 25.6. The van der Waals surface area contributed by atoms with Crippen molar-refractivity contribution in [2.75, 3.05) is 51.4 Å². The Bertz CT molecular complexity index is 1400. The number of nitrogens with one attached hydrogen (secondary N) is 1. The molecule has 1 aliphatic heterocycles. The molecular weight excluding hydrogens is 556 g/mol. The minimum absolute atomic E-state index is 0.159. The molecule has 8 heteroatoms. The highest BCUT2D eigenvalue weighted by molar-refractivity contribution is 5.95. The van der Waals surface area contributed by atoms with Crippen LogP contribution in [0.3, 0.4) is 0 Å². The number of anilines is 1. The minimum atomic E-state index is -0.435. The fourth-order valence-corrected chi connectivity index (χ4v) is 4.58. The van der Waals surface area contributed by atoms with Gasteiger partial charge in [0.1, 0.15) is 37.9 Å². The Labute approximate surface area is 260 Å². The molecule has 0 saturated carbocycles. The van der Waals surface area contributed by atoms with Crippen molar-refractivity contribution in [3.8, 4) is 11.5 Å². The monoisotopic (exact) mass is 598 g/mol. The highest BCUT2D eigenvalue weighted by Gasteiger charge is 2.16. The number of aryl methyl sites for hydroxylation is 1. The standard InChI is InChI=1S/C36H42N2O6/c1-3-38(4-2)21-23-42-36(40)31-16-19-33(34(24-31)44-27-30-12-9-22-41-25-30)37-35(39)20-15-28-13-17-32(18-14-28)43-26-29-10-7-5-6-8-11-29/h5-7,9-14,16-19,22,24H,3-4,8,15,20-21,23,25-27H2,1-2H3,(H,37,39). The minimum Gasteiger partial charge on any atom is -0.497 e. The topological polar surface area (TPSA) is 86.3 Å². The predicted molar refractivity (Wildman–Crippen MR) is 173 cm³/mol. The van der Waals surface area contributed by atoms with Gasteiger partial charge in [0.05, 0.1) is 17.5 Å². The van der Waals surface area contributed by atoms with Crippen LogP contribution in [0.1, 0.15) is 42.6 Å². The van der Waals surface area contributed by atoms with Gasteiger partial charge in [-0.2, -0.15) is 0 Å². The van der Waals surface area contributed by atoms with Crippen LogP contribution >= 0.6 is 0 Å². The van der Waals surface area contributed by atoms with E-state index in [-0.39, 0.29) is 18.9 Å². The Morgan fingerprint density at radius 3 is 2.59 bits per heavy atom. The number of benzene rings is 2. The summed E-state index contributed by atoms with van der Waals surface area (Å²) in [4.78, 5) is 27.9. The number of rotatable bonds is 16. The van der Waals surface area contributed by atoms with Crippen LogP contribution in [-0.2, 0) is 20.7 Å². The molecule has 0 spiro atoms. The molecule has 232 valence electrons. The molecule has 0 aromatic heterocycles. The van der Waals surface area contributed by atoms with Crippen LogP contribution in [0.5, 0.6) is 11.5 Å². The normalized spacial score (nSPS) is 13.9. The highest BCUT2D eigenvalue weighted by atomic mass is 16.5. The van der Waals surface area contributed by atoms with E-state index >= 15 is 0 Å². The van der Waals surface area contributed by atoms with Gasteiger partial charge in [-0.15, -0.1) is 0 Å².